The molecule has 5 rings (SSSR count). The average Bonchev–Trinajstić information content (AvgIpc) is 3.29. The molecule has 0 radical (unpaired) electrons. The maximum Gasteiger partial charge on any atom is 0.266 e. The van der Waals surface area contributed by atoms with Crippen molar-refractivity contribution in [2.45, 2.75) is 77.0 Å². The van der Waals surface area contributed by atoms with E-state index in [1.165, 1.54) is 25.1 Å². The van der Waals surface area contributed by atoms with Crippen molar-refractivity contribution < 1.29 is 38.3 Å². The van der Waals surface area contributed by atoms with Gasteiger partial charge in [-0.2, -0.15) is 5.26 Å². The Kier molecular flexibility index (Phi) is 25.5. The van der Waals surface area contributed by atoms with Crippen LogP contribution in [-0.2, 0) is 35.9 Å². The maximum absolute atomic E-state index is 14.7. The van der Waals surface area contributed by atoms with Gasteiger partial charge in [0.1, 0.15) is 48.9 Å². The summed E-state index contributed by atoms with van der Waals surface area (Å²) in [5.41, 5.74) is 24.0. The normalized spacial score (nSPS) is 15.7. The number of nitriles is 1. The number of likely N-dealkylation sites (N-methyl/N-ethyl adjacent to an activating group) is 1. The van der Waals surface area contributed by atoms with Crippen LogP contribution in [0.25, 0.3) is 22.5 Å². The highest BCUT2D eigenvalue weighted by Crippen LogP contribution is 2.40. The summed E-state index contributed by atoms with van der Waals surface area (Å²) in [6.45, 7) is 9.63. The Morgan fingerprint density at radius 1 is 0.886 bits per heavy atom. The van der Waals surface area contributed by atoms with E-state index >= 15 is 0 Å². The van der Waals surface area contributed by atoms with Crippen LogP contribution < -0.4 is 48.1 Å². The Labute approximate surface area is 432 Å². The zero-order valence-electron chi connectivity index (χ0n) is 39.7. The van der Waals surface area contributed by atoms with E-state index in [2.05, 4.69) is 52.2 Å². The van der Waals surface area contributed by atoms with Gasteiger partial charge in [-0.25, -0.2) is 15.4 Å². The van der Waals surface area contributed by atoms with Crippen LogP contribution in [0, 0.1) is 18.3 Å². The van der Waals surface area contributed by atoms with Crippen molar-refractivity contribution in [3.8, 4) is 40.1 Å². The minimum atomic E-state index is -1.42. The van der Waals surface area contributed by atoms with Crippen molar-refractivity contribution in [1.29, 1.82) is 5.26 Å². The molecule has 4 aromatic rings. The Morgan fingerprint density at radius 2 is 1.50 bits per heavy atom. The molecule has 0 fully saturated rings. The Bertz CT molecular complexity index is 2460. The van der Waals surface area contributed by atoms with Crippen LogP contribution in [0.4, 0.5) is 0 Å². The number of nitrogens with two attached hydrogens (primary N) is 3. The second-order valence-corrected chi connectivity index (χ2v) is 16.7. The monoisotopic (exact) mass is 1050 g/mol. The quantitative estimate of drug-likeness (QED) is 0.0625. The number of aromatic nitrogens is 2. The summed E-state index contributed by atoms with van der Waals surface area (Å²) in [7, 11) is 1.40. The minimum Gasteiger partial charge on any atom is -0.492 e. The number of fused-ring (bicyclic) bond motifs is 5. The van der Waals surface area contributed by atoms with E-state index in [-0.39, 0.29) is 106 Å². The largest absolute Gasteiger partial charge is 0.492 e. The number of nitrogens with zero attached hydrogens (tertiary/aromatic N) is 4. The van der Waals surface area contributed by atoms with Gasteiger partial charge in [0.15, 0.2) is 12.4 Å². The van der Waals surface area contributed by atoms with Crippen LogP contribution in [0.5, 0.6) is 11.5 Å². The van der Waals surface area contributed by atoms with E-state index in [1.807, 2.05) is 24.3 Å². The molecule has 2 heterocycles. The molecule has 0 unspecified atom stereocenters. The molecule has 5 amide bonds. The second kappa shape index (κ2) is 28.7. The number of rotatable bonds is 16. The molecule has 1 aliphatic rings. The second-order valence-electron chi connectivity index (χ2n) is 16.7. The highest BCUT2D eigenvalue weighted by atomic mass is 35.5. The predicted molar refractivity (Wildman–Crippen MR) is 274 cm³/mol. The molecule has 23 heteroatoms. The first-order chi connectivity index (χ1) is 31.5. The summed E-state index contributed by atoms with van der Waals surface area (Å²) in [5.74, 6) is -2.41. The predicted octanol–water partition coefficient (Wildman–Crippen LogP) is 3.54. The molecule has 4 atom stereocenters. The van der Waals surface area contributed by atoms with Crippen LogP contribution in [0.15, 0.2) is 66.9 Å². The number of hydrogen-bond acceptors (Lipinski definition) is 14. The topological polar surface area (TPSA) is 292 Å². The number of halogens is 4. The van der Waals surface area contributed by atoms with Gasteiger partial charge >= 0.3 is 0 Å². The van der Waals surface area contributed by atoms with Gasteiger partial charge in [-0.05, 0) is 73.2 Å². The first-order valence-corrected chi connectivity index (χ1v) is 21.6. The van der Waals surface area contributed by atoms with Crippen molar-refractivity contribution in [2.24, 2.45) is 17.2 Å². The van der Waals surface area contributed by atoms with Crippen molar-refractivity contribution in [3.63, 3.8) is 0 Å². The third kappa shape index (κ3) is 15.8. The summed E-state index contributed by atoms with van der Waals surface area (Å²) in [6.07, 6.45) is 1.35. The molecule has 0 aliphatic carbocycles. The fourth-order valence-corrected chi connectivity index (χ4v) is 7.27. The zero-order valence-corrected chi connectivity index (χ0v) is 43.0. The molecule has 3 aromatic carbocycles. The number of carbonyl (C=O) groups is 5. The van der Waals surface area contributed by atoms with Gasteiger partial charge < -0.3 is 47.5 Å². The number of amides is 5. The van der Waals surface area contributed by atoms with Crippen LogP contribution in [0.3, 0.4) is 0 Å². The first kappa shape index (κ1) is 62.2. The van der Waals surface area contributed by atoms with Crippen molar-refractivity contribution in [1.82, 2.24) is 36.3 Å². The Balaban J connectivity index is 0.00000612. The fraction of sp³-hybridized carbons (Fsp3) is 0.404. The highest BCUT2D eigenvalue weighted by molar-refractivity contribution is 6.00. The fourth-order valence-electron chi connectivity index (χ4n) is 7.27. The maximum atomic E-state index is 14.7. The van der Waals surface area contributed by atoms with Gasteiger partial charge in [0, 0.05) is 49.4 Å². The van der Waals surface area contributed by atoms with Crippen LogP contribution in [0.2, 0.25) is 0 Å². The number of benzene rings is 3. The molecule has 4 bridgehead atoms. The third-order valence-electron chi connectivity index (χ3n) is 10.8. The minimum absolute atomic E-state index is 0. The molecule has 19 nitrogen and oxygen atoms in total. The van der Waals surface area contributed by atoms with Crippen molar-refractivity contribution in [3.05, 3.63) is 94.8 Å². The first-order valence-electron chi connectivity index (χ1n) is 21.6. The van der Waals surface area contributed by atoms with E-state index in [0.29, 0.717) is 45.3 Å². The number of hydrogen-bond donors (Lipinski definition) is 7. The summed E-state index contributed by atoms with van der Waals surface area (Å²) in [6, 6.07) is 14.6. The lowest BCUT2D eigenvalue weighted by molar-refractivity contribution is -0.142. The van der Waals surface area contributed by atoms with E-state index in [0.717, 1.165) is 11.1 Å². The third-order valence-corrected chi connectivity index (χ3v) is 10.8. The van der Waals surface area contributed by atoms with Gasteiger partial charge in [-0.15, -0.1) is 49.6 Å². The Morgan fingerprint density at radius 3 is 2.07 bits per heavy atom. The summed E-state index contributed by atoms with van der Waals surface area (Å²) in [4.78, 5) is 85.4. The number of hydroxylamine groups is 1. The smallest absolute Gasteiger partial charge is 0.266 e. The van der Waals surface area contributed by atoms with Crippen LogP contribution in [-0.4, -0.2) is 109 Å². The molecule has 70 heavy (non-hydrogen) atoms. The highest BCUT2D eigenvalue weighted by Gasteiger charge is 2.36. The van der Waals surface area contributed by atoms with Gasteiger partial charge in [0.25, 0.3) is 11.8 Å². The van der Waals surface area contributed by atoms with Gasteiger partial charge in [0.2, 0.25) is 17.7 Å². The number of ether oxygens (including phenoxy) is 2. The average molecular weight is 1050 g/mol. The van der Waals surface area contributed by atoms with E-state index in [4.69, 9.17) is 36.8 Å². The summed E-state index contributed by atoms with van der Waals surface area (Å²) >= 11 is 0. The van der Waals surface area contributed by atoms with Gasteiger partial charge in [0.05, 0.1) is 17.3 Å². The summed E-state index contributed by atoms with van der Waals surface area (Å²) in [5, 5.41) is 17.1. The number of carbonyl (C=O) groups excluding carboxylic acids is 5. The molecular weight excluding hydrogens is 988 g/mol. The van der Waals surface area contributed by atoms with E-state index in [1.54, 1.807) is 49.4 Å². The zero-order chi connectivity index (χ0) is 48.1. The molecule has 382 valence electrons. The standard InChI is InChI=1S/C47H59N11O8.4ClH/c1-27-35(26-52-41(53-27)30-8-11-32(12-9-30)47(3,4)5)43(60)55-36(15-16-48)46(63)58(6)40-31-10-14-39(65-21-18-50)34(25-31)33-23-29(7-13-38(33)64-20-17-49)24-37(44(61)57-66-22-19-51)56-42(59)28(2)54-45(40)62;;;;/h7-14,23,25-26,28,36-37,40H,15-18,20-22,24,48-50H2,1-6H3,(H,54,62)(H,55,60)(H,56,59)(H,57,61);4*1H/t28-,36-,37-,40-;;;;/m0..../s1. The summed E-state index contributed by atoms with van der Waals surface area (Å²) < 4.78 is 12.2. The Hall–Kier alpha value is -5.82. The number of nitrogens with one attached hydrogen (secondary N) is 4. The number of aryl methyl sites for hydroxylation is 1. The van der Waals surface area contributed by atoms with E-state index in [9.17, 15) is 24.0 Å². The van der Waals surface area contributed by atoms with Crippen molar-refractivity contribution >= 4 is 79.2 Å². The van der Waals surface area contributed by atoms with Crippen LogP contribution >= 0.6 is 49.6 Å². The molecule has 0 saturated heterocycles. The van der Waals surface area contributed by atoms with Gasteiger partial charge in [-0.3, -0.25) is 28.8 Å². The molecular formula is C47H63Cl4N11O8. The lowest BCUT2D eigenvalue weighted by atomic mass is 9.87. The van der Waals surface area contributed by atoms with Crippen molar-refractivity contribution in [2.75, 3.05) is 46.5 Å². The molecule has 10 N–H and O–H groups in total. The van der Waals surface area contributed by atoms with E-state index < -0.39 is 60.3 Å². The van der Waals surface area contributed by atoms with Gasteiger partial charge in [-0.1, -0.05) is 57.2 Å². The molecule has 0 spiro atoms. The molecule has 0 saturated carbocycles. The lowest BCUT2D eigenvalue weighted by Crippen LogP contribution is -2.56. The van der Waals surface area contributed by atoms with Crippen LogP contribution in [0.1, 0.15) is 72.9 Å². The lowest BCUT2D eigenvalue weighted by Gasteiger charge is -2.32. The SMILES string of the molecule is Cc1nc(-c2ccc(C(C)(C)C)cc2)ncc1C(=O)N[C@@H](CCN)C(=O)N(C)[C@@H]1C(=O)N[C@@H](C)C(=O)N[C@H](C(=O)NOCC#N)Cc2ccc(OCCN)c(c2)-c2cc1ccc2OCCN.Cl.Cl.Cl.Cl. The molecule has 1 aromatic heterocycles. The molecule has 1 aliphatic heterocycles.